The highest BCUT2D eigenvalue weighted by Gasteiger charge is 2.27. The van der Waals surface area contributed by atoms with Crippen LogP contribution in [0.5, 0.6) is 5.75 Å². The van der Waals surface area contributed by atoms with Crippen molar-refractivity contribution >= 4 is 34.2 Å². The van der Waals surface area contributed by atoms with Gasteiger partial charge in [-0.2, -0.15) is 5.10 Å². The van der Waals surface area contributed by atoms with Crippen molar-refractivity contribution in [3.63, 3.8) is 0 Å². The SMILES string of the molecule is C[C@H](CO)n1cnc2cc(C(=O)Nc3ccc(OC(F)(F)Cl)cc3)cc(-c3ccn[nH]3)c21. The predicted octanol–water partition coefficient (Wildman–Crippen LogP) is 4.40. The summed E-state index contributed by atoms with van der Waals surface area (Å²) in [6, 6.07) is 10.2. The molecule has 0 saturated heterocycles. The van der Waals surface area contributed by atoms with Gasteiger partial charge in [-0.15, -0.1) is 8.78 Å². The minimum absolute atomic E-state index is 0.0779. The van der Waals surface area contributed by atoms with Crippen LogP contribution in [0.3, 0.4) is 0 Å². The van der Waals surface area contributed by atoms with Gasteiger partial charge in [0.25, 0.3) is 5.91 Å². The highest BCUT2D eigenvalue weighted by Crippen LogP contribution is 2.31. The number of aliphatic hydroxyl groups excluding tert-OH is 1. The fraction of sp³-hybridized carbons (Fsp3) is 0.190. The molecule has 1 amide bonds. The molecule has 4 aromatic rings. The molecule has 0 aliphatic heterocycles. The number of hydrogen-bond acceptors (Lipinski definition) is 5. The summed E-state index contributed by atoms with van der Waals surface area (Å²) in [5.41, 5.74) is -0.428. The van der Waals surface area contributed by atoms with Crippen LogP contribution in [0.4, 0.5) is 14.5 Å². The summed E-state index contributed by atoms with van der Waals surface area (Å²) in [6.45, 7) is 1.78. The van der Waals surface area contributed by atoms with Crippen LogP contribution in [-0.2, 0) is 0 Å². The number of anilines is 1. The van der Waals surface area contributed by atoms with Gasteiger partial charge in [-0.05, 0) is 49.4 Å². The smallest absolute Gasteiger partial charge is 0.420 e. The summed E-state index contributed by atoms with van der Waals surface area (Å²) in [5, 5.41) is 19.2. The molecule has 0 unspecified atom stereocenters. The van der Waals surface area contributed by atoms with Crippen LogP contribution in [0.1, 0.15) is 23.3 Å². The third-order valence-electron chi connectivity index (χ3n) is 4.81. The van der Waals surface area contributed by atoms with Crippen LogP contribution in [0.25, 0.3) is 22.3 Å². The van der Waals surface area contributed by atoms with E-state index in [1.54, 1.807) is 30.7 Å². The van der Waals surface area contributed by atoms with Gasteiger partial charge in [0.05, 0.1) is 35.7 Å². The molecule has 0 aliphatic rings. The van der Waals surface area contributed by atoms with Crippen LogP contribution in [0, 0.1) is 0 Å². The molecule has 4 rings (SSSR count). The average Bonchev–Trinajstić information content (AvgIpc) is 3.43. The summed E-state index contributed by atoms with van der Waals surface area (Å²) in [5.74, 6) is -0.566. The van der Waals surface area contributed by atoms with Crippen molar-refractivity contribution in [2.45, 2.75) is 18.5 Å². The van der Waals surface area contributed by atoms with E-state index in [2.05, 4.69) is 25.2 Å². The monoisotopic (exact) mass is 461 g/mol. The first-order valence-electron chi connectivity index (χ1n) is 9.53. The number of benzene rings is 2. The minimum Gasteiger partial charge on any atom is -0.420 e. The number of amides is 1. The molecule has 0 fully saturated rings. The average molecular weight is 462 g/mol. The van der Waals surface area contributed by atoms with Crippen molar-refractivity contribution in [2.75, 3.05) is 11.9 Å². The number of alkyl halides is 3. The van der Waals surface area contributed by atoms with Crippen molar-refractivity contribution in [2.24, 2.45) is 0 Å². The summed E-state index contributed by atoms with van der Waals surface area (Å²) >= 11 is 4.75. The molecule has 1 atom stereocenters. The number of carbonyl (C=O) groups is 1. The van der Waals surface area contributed by atoms with E-state index in [1.807, 2.05) is 11.5 Å². The first kappa shape index (κ1) is 21.7. The number of nitrogens with one attached hydrogen (secondary N) is 2. The number of aromatic amines is 1. The molecule has 3 N–H and O–H groups in total. The van der Waals surface area contributed by atoms with Crippen molar-refractivity contribution in [1.82, 2.24) is 19.7 Å². The predicted molar refractivity (Wildman–Crippen MR) is 115 cm³/mol. The third kappa shape index (κ3) is 4.56. The maximum Gasteiger partial charge on any atom is 0.487 e. The lowest BCUT2D eigenvalue weighted by atomic mass is 10.0. The molecule has 0 aliphatic carbocycles. The second kappa shape index (κ2) is 8.56. The van der Waals surface area contributed by atoms with Crippen LogP contribution < -0.4 is 10.1 Å². The Morgan fingerprint density at radius 2 is 2.06 bits per heavy atom. The third-order valence-corrected chi connectivity index (χ3v) is 4.88. The standard InChI is InChI=1S/C21H18ClF2N5O3/c1-12(10-30)29-11-25-18-9-13(8-16(19(18)29)17-6-7-26-28-17)20(31)27-14-2-4-15(5-3-14)32-21(22,23)24/h2-9,11-12,30H,10H2,1H3,(H,26,28)(H,27,31)/t12-/m1/s1. The number of fused-ring (bicyclic) bond motifs is 1. The van der Waals surface area contributed by atoms with Crippen molar-refractivity contribution < 1.29 is 23.4 Å². The maximum atomic E-state index is 12.9. The highest BCUT2D eigenvalue weighted by molar-refractivity contribution is 6.20. The lowest BCUT2D eigenvalue weighted by Gasteiger charge is -2.14. The zero-order valence-electron chi connectivity index (χ0n) is 16.7. The number of nitrogens with zero attached hydrogens (tertiary/aromatic N) is 3. The first-order chi connectivity index (χ1) is 15.2. The number of ether oxygens (including phenoxy) is 1. The van der Waals surface area contributed by atoms with E-state index in [-0.39, 0.29) is 18.4 Å². The van der Waals surface area contributed by atoms with Crippen LogP contribution >= 0.6 is 11.6 Å². The van der Waals surface area contributed by atoms with E-state index in [1.165, 1.54) is 24.3 Å². The Labute approximate surface area is 185 Å². The largest absolute Gasteiger partial charge is 0.487 e. The molecule has 8 nitrogen and oxygen atoms in total. The molecular formula is C21H18ClF2N5O3. The van der Waals surface area contributed by atoms with Gasteiger partial charge in [0.1, 0.15) is 5.75 Å². The zero-order valence-corrected chi connectivity index (χ0v) is 17.5. The Balaban J connectivity index is 1.66. The molecule has 32 heavy (non-hydrogen) atoms. The van der Waals surface area contributed by atoms with Gasteiger partial charge in [0.15, 0.2) is 0 Å². The van der Waals surface area contributed by atoms with Gasteiger partial charge >= 0.3 is 5.57 Å². The maximum absolute atomic E-state index is 12.9. The molecule has 2 aromatic heterocycles. The number of hydrogen-bond donors (Lipinski definition) is 3. The number of rotatable bonds is 7. The van der Waals surface area contributed by atoms with Crippen molar-refractivity contribution in [1.29, 1.82) is 0 Å². The minimum atomic E-state index is -3.82. The fourth-order valence-corrected chi connectivity index (χ4v) is 3.37. The van der Waals surface area contributed by atoms with Gasteiger partial charge < -0.3 is 19.7 Å². The Morgan fingerprint density at radius 1 is 1.31 bits per heavy atom. The molecular weight excluding hydrogens is 444 g/mol. The second-order valence-electron chi connectivity index (χ2n) is 7.07. The van der Waals surface area contributed by atoms with Gasteiger partial charge in [-0.1, -0.05) is 0 Å². The van der Waals surface area contributed by atoms with Crippen molar-refractivity contribution in [3.8, 4) is 17.0 Å². The summed E-state index contributed by atoms with van der Waals surface area (Å²) in [6.07, 6.45) is 3.20. The van der Waals surface area contributed by atoms with Gasteiger partial charge in [0.2, 0.25) is 0 Å². The second-order valence-corrected chi connectivity index (χ2v) is 7.51. The Kier molecular flexibility index (Phi) is 5.81. The Bertz CT molecular complexity index is 1240. The summed E-state index contributed by atoms with van der Waals surface area (Å²) < 4.78 is 31.6. The van der Waals surface area contributed by atoms with Crippen LogP contribution in [0.15, 0.2) is 55.0 Å². The molecule has 2 heterocycles. The lowest BCUT2D eigenvalue weighted by Crippen LogP contribution is -2.16. The lowest BCUT2D eigenvalue weighted by molar-refractivity contribution is -0.0964. The van der Waals surface area contributed by atoms with E-state index in [0.29, 0.717) is 28.0 Å². The van der Waals surface area contributed by atoms with Crippen molar-refractivity contribution in [3.05, 3.63) is 60.6 Å². The number of H-pyrrole nitrogens is 1. The van der Waals surface area contributed by atoms with Gasteiger partial charge in [-0.3, -0.25) is 9.89 Å². The van der Waals surface area contributed by atoms with E-state index >= 15 is 0 Å². The molecule has 0 bridgehead atoms. The summed E-state index contributed by atoms with van der Waals surface area (Å²) in [4.78, 5) is 17.3. The molecule has 0 radical (unpaired) electrons. The number of aromatic nitrogens is 4. The quantitative estimate of drug-likeness (QED) is 0.354. The fourth-order valence-electron chi connectivity index (χ4n) is 3.28. The van der Waals surface area contributed by atoms with Crippen LogP contribution in [-0.4, -0.2) is 42.9 Å². The first-order valence-corrected chi connectivity index (χ1v) is 9.91. The number of aliphatic hydroxyl groups is 1. The van der Waals surface area contributed by atoms with E-state index in [0.717, 1.165) is 5.52 Å². The van der Waals surface area contributed by atoms with Gasteiger partial charge in [0, 0.05) is 34.6 Å². The number of halogens is 3. The molecule has 0 spiro atoms. The number of imidazole rings is 1. The summed E-state index contributed by atoms with van der Waals surface area (Å²) in [7, 11) is 0. The molecule has 166 valence electrons. The van der Waals surface area contributed by atoms with Crippen LogP contribution in [0.2, 0.25) is 0 Å². The normalized spacial score (nSPS) is 12.7. The highest BCUT2D eigenvalue weighted by atomic mass is 35.5. The molecule has 0 saturated carbocycles. The van der Waals surface area contributed by atoms with Gasteiger partial charge in [-0.25, -0.2) is 4.98 Å². The van der Waals surface area contributed by atoms with E-state index < -0.39 is 11.5 Å². The zero-order chi connectivity index (χ0) is 22.9. The van der Waals surface area contributed by atoms with E-state index in [9.17, 15) is 18.7 Å². The Morgan fingerprint density at radius 3 is 2.69 bits per heavy atom. The Hall–Kier alpha value is -3.50. The molecule has 2 aromatic carbocycles. The topological polar surface area (TPSA) is 105 Å². The molecule has 11 heteroatoms. The van der Waals surface area contributed by atoms with E-state index in [4.69, 9.17) is 11.6 Å². The number of carbonyl (C=O) groups excluding carboxylic acids is 1.